The van der Waals surface area contributed by atoms with Crippen LogP contribution >= 0.6 is 11.8 Å². The minimum absolute atomic E-state index is 0.0923. The van der Waals surface area contributed by atoms with Gasteiger partial charge in [-0.15, -0.1) is 11.8 Å². The maximum Gasteiger partial charge on any atom is 0.259 e. The molecule has 1 heterocycles. The Bertz CT molecular complexity index is 971. The second kappa shape index (κ2) is 9.13. The van der Waals surface area contributed by atoms with Crippen LogP contribution < -0.4 is 9.47 Å². The molecule has 0 aliphatic carbocycles. The van der Waals surface area contributed by atoms with Crippen LogP contribution in [0.25, 0.3) is 6.08 Å². The summed E-state index contributed by atoms with van der Waals surface area (Å²) < 4.78 is 24.8. The third-order valence-corrected chi connectivity index (χ3v) is 5.44. The Morgan fingerprint density at radius 2 is 1.97 bits per heavy atom. The SMILES string of the molecule is CCOc1cc(/C=C2\CSc3ccc(F)cc3C2=O)ccc1OCC(=O)N(C)C. The van der Waals surface area contributed by atoms with Gasteiger partial charge in [-0.05, 0) is 48.9 Å². The first-order chi connectivity index (χ1) is 13.9. The van der Waals surface area contributed by atoms with Gasteiger partial charge < -0.3 is 14.4 Å². The van der Waals surface area contributed by atoms with Crippen LogP contribution in [-0.2, 0) is 4.79 Å². The van der Waals surface area contributed by atoms with Gasteiger partial charge in [-0.25, -0.2) is 4.39 Å². The lowest BCUT2D eigenvalue weighted by Crippen LogP contribution is -2.27. The number of carbonyl (C=O) groups is 2. The van der Waals surface area contributed by atoms with Crippen molar-refractivity contribution in [2.75, 3.05) is 33.1 Å². The summed E-state index contributed by atoms with van der Waals surface area (Å²) in [5.74, 6) is 0.711. The molecule has 3 rings (SSSR count). The van der Waals surface area contributed by atoms with Crippen LogP contribution in [0.5, 0.6) is 11.5 Å². The summed E-state index contributed by atoms with van der Waals surface area (Å²) in [6, 6.07) is 9.56. The van der Waals surface area contributed by atoms with Crippen LogP contribution in [0.4, 0.5) is 4.39 Å². The predicted molar refractivity (Wildman–Crippen MR) is 111 cm³/mol. The normalized spacial score (nSPS) is 14.5. The van der Waals surface area contributed by atoms with Gasteiger partial charge in [0.1, 0.15) is 5.82 Å². The van der Waals surface area contributed by atoms with Crippen molar-refractivity contribution in [3.05, 3.63) is 58.9 Å². The molecule has 0 atom stereocenters. The van der Waals surface area contributed by atoms with Crippen molar-refractivity contribution in [1.29, 1.82) is 0 Å². The molecule has 0 spiro atoms. The predicted octanol–water partition coefficient (Wildman–Crippen LogP) is 4.06. The van der Waals surface area contributed by atoms with Crippen molar-refractivity contribution in [1.82, 2.24) is 4.90 Å². The van der Waals surface area contributed by atoms with E-state index >= 15 is 0 Å². The molecule has 0 saturated heterocycles. The summed E-state index contributed by atoms with van der Waals surface area (Å²) in [7, 11) is 3.32. The number of Topliss-reactive ketones (excluding diaryl/α,β-unsaturated/α-hetero) is 1. The molecule has 2 aromatic carbocycles. The van der Waals surface area contributed by atoms with Crippen molar-refractivity contribution in [2.45, 2.75) is 11.8 Å². The number of hydrogen-bond acceptors (Lipinski definition) is 5. The van der Waals surface area contributed by atoms with Crippen LogP contribution in [0.1, 0.15) is 22.8 Å². The van der Waals surface area contributed by atoms with Crippen molar-refractivity contribution in [3.8, 4) is 11.5 Å². The van der Waals surface area contributed by atoms with Crippen LogP contribution in [0, 0.1) is 5.82 Å². The highest BCUT2D eigenvalue weighted by atomic mass is 32.2. The van der Waals surface area contributed by atoms with Crippen molar-refractivity contribution in [2.24, 2.45) is 0 Å². The summed E-state index contributed by atoms with van der Waals surface area (Å²) in [4.78, 5) is 26.7. The summed E-state index contributed by atoms with van der Waals surface area (Å²) >= 11 is 1.51. The quantitative estimate of drug-likeness (QED) is 0.666. The fraction of sp³-hybridized carbons (Fsp3) is 0.273. The molecule has 0 bridgehead atoms. The highest BCUT2D eigenvalue weighted by Gasteiger charge is 2.23. The van der Waals surface area contributed by atoms with Crippen LogP contribution in [0.3, 0.4) is 0 Å². The molecule has 1 aliphatic rings. The van der Waals surface area contributed by atoms with E-state index in [1.807, 2.05) is 6.92 Å². The fourth-order valence-electron chi connectivity index (χ4n) is 2.78. The number of ketones is 1. The Morgan fingerprint density at radius 3 is 2.69 bits per heavy atom. The average Bonchev–Trinajstić information content (AvgIpc) is 2.70. The first kappa shape index (κ1) is 20.9. The smallest absolute Gasteiger partial charge is 0.259 e. The van der Waals surface area contributed by atoms with Gasteiger partial charge in [0.05, 0.1) is 6.61 Å². The topological polar surface area (TPSA) is 55.8 Å². The largest absolute Gasteiger partial charge is 0.490 e. The molecule has 2 aromatic rings. The summed E-state index contributed by atoms with van der Waals surface area (Å²) in [6.07, 6.45) is 1.78. The summed E-state index contributed by atoms with van der Waals surface area (Å²) in [5.41, 5.74) is 1.75. The second-order valence-electron chi connectivity index (χ2n) is 6.64. The molecule has 29 heavy (non-hydrogen) atoms. The third-order valence-electron chi connectivity index (χ3n) is 4.32. The van der Waals surface area contributed by atoms with Crippen LogP contribution in [0.15, 0.2) is 46.9 Å². The van der Waals surface area contributed by atoms with Gasteiger partial charge in [-0.1, -0.05) is 6.07 Å². The highest BCUT2D eigenvalue weighted by Crippen LogP contribution is 2.35. The monoisotopic (exact) mass is 415 g/mol. The number of nitrogens with zero attached hydrogens (tertiary/aromatic N) is 1. The molecule has 5 nitrogen and oxygen atoms in total. The number of benzene rings is 2. The first-order valence-electron chi connectivity index (χ1n) is 9.16. The maximum atomic E-state index is 13.5. The van der Waals surface area contributed by atoms with E-state index in [0.717, 1.165) is 10.5 Å². The number of likely N-dealkylation sites (N-methyl/N-ethyl adjacent to an activating group) is 1. The minimum Gasteiger partial charge on any atom is -0.490 e. The zero-order valence-electron chi connectivity index (χ0n) is 16.5. The molecule has 7 heteroatoms. The molecular weight excluding hydrogens is 393 g/mol. The molecule has 1 aliphatic heterocycles. The van der Waals surface area contributed by atoms with Gasteiger partial charge in [-0.3, -0.25) is 9.59 Å². The van der Waals surface area contributed by atoms with E-state index in [1.165, 1.54) is 28.8 Å². The lowest BCUT2D eigenvalue weighted by Gasteiger charge is -2.17. The summed E-state index contributed by atoms with van der Waals surface area (Å²) in [6.45, 7) is 2.19. The lowest BCUT2D eigenvalue weighted by atomic mass is 10.0. The number of carbonyl (C=O) groups excluding carboxylic acids is 2. The van der Waals surface area contributed by atoms with E-state index in [1.54, 1.807) is 44.4 Å². The Kier molecular flexibility index (Phi) is 6.59. The Morgan fingerprint density at radius 1 is 1.17 bits per heavy atom. The van der Waals surface area contributed by atoms with Crippen molar-refractivity contribution in [3.63, 3.8) is 0 Å². The lowest BCUT2D eigenvalue weighted by molar-refractivity contribution is -0.130. The number of ether oxygens (including phenoxy) is 2. The zero-order valence-corrected chi connectivity index (χ0v) is 17.3. The Labute approximate surface area is 173 Å². The Balaban J connectivity index is 1.84. The number of thioether (sulfide) groups is 1. The molecule has 0 radical (unpaired) electrons. The summed E-state index contributed by atoms with van der Waals surface area (Å²) in [5, 5.41) is 0. The molecule has 0 fully saturated rings. The van der Waals surface area contributed by atoms with Gasteiger partial charge >= 0.3 is 0 Å². The van der Waals surface area contributed by atoms with E-state index in [9.17, 15) is 14.0 Å². The molecular formula is C22H22FNO4S. The van der Waals surface area contributed by atoms with Crippen molar-refractivity contribution >= 4 is 29.5 Å². The molecule has 0 saturated carbocycles. The van der Waals surface area contributed by atoms with Gasteiger partial charge in [0.15, 0.2) is 23.9 Å². The minimum atomic E-state index is -0.425. The molecule has 0 unspecified atom stereocenters. The zero-order chi connectivity index (χ0) is 21.0. The number of rotatable bonds is 6. The van der Waals surface area contributed by atoms with Gasteiger partial charge in [0.25, 0.3) is 5.91 Å². The highest BCUT2D eigenvalue weighted by molar-refractivity contribution is 7.99. The average molecular weight is 415 g/mol. The van der Waals surface area contributed by atoms with E-state index in [2.05, 4.69) is 0 Å². The fourth-order valence-corrected chi connectivity index (χ4v) is 3.78. The van der Waals surface area contributed by atoms with Gasteiger partial charge in [-0.2, -0.15) is 0 Å². The molecule has 1 amide bonds. The van der Waals surface area contributed by atoms with Gasteiger partial charge in [0, 0.05) is 35.9 Å². The molecule has 0 aromatic heterocycles. The van der Waals surface area contributed by atoms with Crippen LogP contribution in [0.2, 0.25) is 0 Å². The number of fused-ring (bicyclic) bond motifs is 1. The van der Waals surface area contributed by atoms with E-state index in [-0.39, 0.29) is 18.3 Å². The maximum absolute atomic E-state index is 13.5. The number of amides is 1. The second-order valence-corrected chi connectivity index (χ2v) is 7.66. The van der Waals surface area contributed by atoms with E-state index in [0.29, 0.717) is 35.0 Å². The standard InChI is InChI=1S/C22H22FNO4S/c1-4-27-19-10-14(5-7-18(19)28-12-21(25)24(2)3)9-15-13-29-20-8-6-16(23)11-17(20)22(15)26/h5-11H,4,12-13H2,1-3H3/b15-9+. The Hall–Kier alpha value is -2.80. The number of halogens is 1. The first-order valence-corrected chi connectivity index (χ1v) is 10.1. The van der Waals surface area contributed by atoms with Crippen molar-refractivity contribution < 1.29 is 23.5 Å². The molecule has 0 N–H and O–H groups in total. The van der Waals surface area contributed by atoms with Crippen LogP contribution in [-0.4, -0.2) is 49.7 Å². The van der Waals surface area contributed by atoms with E-state index < -0.39 is 5.82 Å². The third kappa shape index (κ3) is 4.98. The van der Waals surface area contributed by atoms with E-state index in [4.69, 9.17) is 9.47 Å². The molecule has 152 valence electrons. The number of hydrogen-bond donors (Lipinski definition) is 0. The van der Waals surface area contributed by atoms with Gasteiger partial charge in [0.2, 0.25) is 0 Å².